The summed E-state index contributed by atoms with van der Waals surface area (Å²) in [6, 6.07) is 10.1. The van der Waals surface area contributed by atoms with Gasteiger partial charge in [0.2, 0.25) is 0 Å². The van der Waals surface area contributed by atoms with Gasteiger partial charge in [0.05, 0.1) is 12.7 Å². The first-order valence-electron chi connectivity index (χ1n) is 7.68. The van der Waals surface area contributed by atoms with Gasteiger partial charge in [-0.25, -0.2) is 4.98 Å². The van der Waals surface area contributed by atoms with Crippen LogP contribution >= 0.6 is 0 Å². The van der Waals surface area contributed by atoms with Crippen molar-refractivity contribution in [3.63, 3.8) is 0 Å². The van der Waals surface area contributed by atoms with Crippen LogP contribution in [0.5, 0.6) is 0 Å². The first-order valence-corrected chi connectivity index (χ1v) is 7.68. The van der Waals surface area contributed by atoms with Crippen LogP contribution in [0.1, 0.15) is 41.4 Å². The van der Waals surface area contributed by atoms with Gasteiger partial charge in [-0.3, -0.25) is 4.79 Å². The second-order valence-corrected chi connectivity index (χ2v) is 5.33. The normalized spacial score (nSPS) is 19.0. The second-order valence-electron chi connectivity index (χ2n) is 5.33. The zero-order valence-electron chi connectivity index (χ0n) is 12.7. The number of hydrogen-bond donors (Lipinski definition) is 0. The predicted molar refractivity (Wildman–Crippen MR) is 81.5 cm³/mol. The number of nitrogens with zero attached hydrogens (tertiary/aromatic N) is 2. The van der Waals surface area contributed by atoms with Crippen LogP contribution in [-0.4, -0.2) is 35.5 Å². The van der Waals surface area contributed by atoms with Crippen LogP contribution in [0.15, 0.2) is 41.0 Å². The molecule has 0 aliphatic carbocycles. The fraction of sp³-hybridized carbons (Fsp3) is 0.412. The summed E-state index contributed by atoms with van der Waals surface area (Å²) in [5.74, 6) is 0.511. The monoisotopic (exact) mass is 300 g/mol. The molecule has 1 unspecified atom stereocenters. The highest BCUT2D eigenvalue weighted by molar-refractivity contribution is 5.92. The fourth-order valence-electron chi connectivity index (χ4n) is 2.64. The van der Waals surface area contributed by atoms with Gasteiger partial charge in [-0.2, -0.15) is 0 Å². The highest BCUT2D eigenvalue weighted by Crippen LogP contribution is 2.24. The number of hydrogen-bond acceptors (Lipinski definition) is 4. The minimum Gasteiger partial charge on any atom is -0.448 e. The largest absolute Gasteiger partial charge is 0.448 e. The molecule has 0 spiro atoms. The minimum absolute atomic E-state index is 0.0440. The maximum atomic E-state index is 12.5. The van der Waals surface area contributed by atoms with Gasteiger partial charge < -0.3 is 14.1 Å². The number of ether oxygens (including phenoxy) is 1. The highest BCUT2D eigenvalue weighted by atomic mass is 16.5. The molecule has 22 heavy (non-hydrogen) atoms. The van der Waals surface area contributed by atoms with Crippen LogP contribution in [0.4, 0.5) is 0 Å². The topological polar surface area (TPSA) is 55.6 Å². The zero-order valence-corrected chi connectivity index (χ0v) is 12.7. The maximum Gasteiger partial charge on any atom is 0.275 e. The van der Waals surface area contributed by atoms with E-state index in [1.807, 2.05) is 25.1 Å². The molecular formula is C17H20N2O3. The number of benzene rings is 1. The number of carbonyl (C=O) groups excluding carboxylic acids is 1. The summed E-state index contributed by atoms with van der Waals surface area (Å²) in [7, 11) is 0. The van der Waals surface area contributed by atoms with Crippen molar-refractivity contribution in [2.75, 3.05) is 19.7 Å². The highest BCUT2D eigenvalue weighted by Gasteiger charge is 2.24. The van der Waals surface area contributed by atoms with E-state index >= 15 is 0 Å². The number of amides is 1. The molecule has 5 heteroatoms. The Kier molecular flexibility index (Phi) is 4.53. The standard InChI is InChI=1S/C17H20N2O3/c1-2-16-18-14(12-22-16)17(20)19-9-8-15(21-11-10-19)13-6-4-3-5-7-13/h3-7,12,15H,2,8-11H2,1H3. The number of rotatable bonds is 3. The lowest BCUT2D eigenvalue weighted by Gasteiger charge is -2.18. The van der Waals surface area contributed by atoms with E-state index in [-0.39, 0.29) is 12.0 Å². The molecule has 2 heterocycles. The van der Waals surface area contributed by atoms with Crippen molar-refractivity contribution in [2.45, 2.75) is 25.9 Å². The summed E-state index contributed by atoms with van der Waals surface area (Å²) in [5.41, 5.74) is 1.54. The third-order valence-electron chi connectivity index (χ3n) is 3.87. The van der Waals surface area contributed by atoms with E-state index in [9.17, 15) is 4.79 Å². The zero-order chi connectivity index (χ0) is 15.4. The van der Waals surface area contributed by atoms with Crippen molar-refractivity contribution in [3.05, 3.63) is 53.7 Å². The first-order chi connectivity index (χ1) is 10.8. The molecule has 1 atom stereocenters. The Morgan fingerprint density at radius 2 is 2.14 bits per heavy atom. The summed E-state index contributed by atoms with van der Waals surface area (Å²) in [6.07, 6.45) is 2.96. The SMILES string of the molecule is CCc1nc(C(=O)N2CCOC(c3ccccc3)CC2)co1. The van der Waals surface area contributed by atoms with Crippen molar-refractivity contribution in [3.8, 4) is 0 Å². The summed E-state index contributed by atoms with van der Waals surface area (Å²) >= 11 is 0. The Morgan fingerprint density at radius 3 is 2.86 bits per heavy atom. The number of aryl methyl sites for hydroxylation is 1. The Morgan fingerprint density at radius 1 is 1.32 bits per heavy atom. The van der Waals surface area contributed by atoms with E-state index in [1.165, 1.54) is 6.26 Å². The summed E-state index contributed by atoms with van der Waals surface area (Å²) in [6.45, 7) is 3.72. The van der Waals surface area contributed by atoms with Gasteiger partial charge in [0.25, 0.3) is 5.91 Å². The molecule has 5 nitrogen and oxygen atoms in total. The average Bonchev–Trinajstić information content (AvgIpc) is 2.92. The number of carbonyl (C=O) groups is 1. The van der Waals surface area contributed by atoms with Crippen LogP contribution < -0.4 is 0 Å². The molecule has 3 rings (SSSR count). The van der Waals surface area contributed by atoms with Crippen molar-refractivity contribution >= 4 is 5.91 Å². The molecule has 116 valence electrons. The quantitative estimate of drug-likeness (QED) is 0.874. The lowest BCUT2D eigenvalue weighted by atomic mass is 10.1. The Bertz CT molecular complexity index is 624. The molecule has 1 aromatic heterocycles. The van der Waals surface area contributed by atoms with Crippen LogP contribution in [0, 0.1) is 0 Å². The van der Waals surface area contributed by atoms with Crippen molar-refractivity contribution in [1.29, 1.82) is 0 Å². The molecule has 1 aliphatic rings. The molecule has 1 amide bonds. The molecular weight excluding hydrogens is 280 g/mol. The van der Waals surface area contributed by atoms with Crippen LogP contribution in [0.2, 0.25) is 0 Å². The Hall–Kier alpha value is -2.14. The molecule has 0 radical (unpaired) electrons. The van der Waals surface area contributed by atoms with E-state index in [2.05, 4.69) is 17.1 Å². The number of aromatic nitrogens is 1. The minimum atomic E-state index is -0.0826. The molecule has 2 aromatic rings. The maximum absolute atomic E-state index is 12.5. The van der Waals surface area contributed by atoms with E-state index in [0.29, 0.717) is 37.7 Å². The Balaban J connectivity index is 1.66. The third-order valence-corrected chi connectivity index (χ3v) is 3.87. The first kappa shape index (κ1) is 14.8. The molecule has 1 aliphatic heterocycles. The van der Waals surface area contributed by atoms with E-state index in [1.54, 1.807) is 4.90 Å². The van der Waals surface area contributed by atoms with Crippen molar-refractivity contribution in [1.82, 2.24) is 9.88 Å². The van der Waals surface area contributed by atoms with Gasteiger partial charge in [0, 0.05) is 19.5 Å². The molecule has 1 saturated heterocycles. The van der Waals surface area contributed by atoms with E-state index < -0.39 is 0 Å². The van der Waals surface area contributed by atoms with Crippen LogP contribution in [-0.2, 0) is 11.2 Å². The van der Waals surface area contributed by atoms with Gasteiger partial charge in [-0.05, 0) is 12.0 Å². The van der Waals surface area contributed by atoms with E-state index in [0.717, 1.165) is 12.0 Å². The molecule has 0 N–H and O–H groups in total. The number of oxazole rings is 1. The summed E-state index contributed by atoms with van der Waals surface area (Å²) in [5, 5.41) is 0. The van der Waals surface area contributed by atoms with Gasteiger partial charge in [-0.15, -0.1) is 0 Å². The van der Waals surface area contributed by atoms with Crippen molar-refractivity contribution < 1.29 is 13.9 Å². The Labute approximate surface area is 129 Å². The van der Waals surface area contributed by atoms with Gasteiger partial charge in [-0.1, -0.05) is 37.3 Å². The van der Waals surface area contributed by atoms with Gasteiger partial charge in [0.1, 0.15) is 6.26 Å². The smallest absolute Gasteiger partial charge is 0.275 e. The van der Waals surface area contributed by atoms with Gasteiger partial charge in [0.15, 0.2) is 11.6 Å². The summed E-state index contributed by atoms with van der Waals surface area (Å²) < 4.78 is 11.2. The van der Waals surface area contributed by atoms with Gasteiger partial charge >= 0.3 is 0 Å². The third kappa shape index (κ3) is 3.20. The molecule has 0 bridgehead atoms. The van der Waals surface area contributed by atoms with E-state index in [4.69, 9.17) is 9.15 Å². The lowest BCUT2D eigenvalue weighted by Crippen LogP contribution is -2.33. The molecule has 1 aromatic carbocycles. The van der Waals surface area contributed by atoms with Crippen molar-refractivity contribution in [2.24, 2.45) is 0 Å². The average molecular weight is 300 g/mol. The second kappa shape index (κ2) is 6.75. The molecule has 0 saturated carbocycles. The molecule has 1 fully saturated rings. The van der Waals surface area contributed by atoms with Crippen LogP contribution in [0.3, 0.4) is 0 Å². The fourth-order valence-corrected chi connectivity index (χ4v) is 2.64. The van der Waals surface area contributed by atoms with Crippen LogP contribution in [0.25, 0.3) is 0 Å². The summed E-state index contributed by atoms with van der Waals surface area (Å²) in [4.78, 5) is 18.5. The predicted octanol–water partition coefficient (Wildman–Crippen LogP) is 2.84. The lowest BCUT2D eigenvalue weighted by molar-refractivity contribution is 0.0583.